The number of carbonyl (C=O) groups is 1. The van der Waals surface area contributed by atoms with Crippen LogP contribution in [0.4, 0.5) is 4.79 Å². The first-order valence-corrected chi connectivity index (χ1v) is 9.10. The van der Waals surface area contributed by atoms with E-state index in [9.17, 15) is 9.90 Å². The van der Waals surface area contributed by atoms with Crippen molar-refractivity contribution in [3.05, 3.63) is 35.3 Å². The van der Waals surface area contributed by atoms with Crippen LogP contribution in [0.25, 0.3) is 10.6 Å². The zero-order valence-corrected chi connectivity index (χ0v) is 14.3. The second kappa shape index (κ2) is 8.21. The second-order valence-corrected chi connectivity index (χ2v) is 7.18. The predicted octanol–water partition coefficient (Wildman–Crippen LogP) is 2.56. The quantitative estimate of drug-likeness (QED) is 0.776. The van der Waals surface area contributed by atoms with E-state index >= 15 is 0 Å². The summed E-state index contributed by atoms with van der Waals surface area (Å²) in [7, 11) is 0. The van der Waals surface area contributed by atoms with Crippen molar-refractivity contribution in [2.24, 2.45) is 5.92 Å². The largest absolute Gasteiger partial charge is 0.393 e. The molecule has 2 unspecified atom stereocenters. The monoisotopic (exact) mass is 346 g/mol. The third-order valence-electron chi connectivity index (χ3n) is 4.19. The fraction of sp³-hybridized carbons (Fsp3) is 0.471. The van der Waals surface area contributed by atoms with Gasteiger partial charge in [0.2, 0.25) is 0 Å². The molecule has 24 heavy (non-hydrogen) atoms. The SMILES string of the molecule is O=C(NCc1nnc(-c2ccccc2)s1)NCC1CCCC(O)C1. The Morgan fingerprint density at radius 1 is 1.21 bits per heavy atom. The van der Waals surface area contributed by atoms with Crippen LogP contribution in [0.5, 0.6) is 0 Å². The van der Waals surface area contributed by atoms with Crippen LogP contribution >= 0.6 is 11.3 Å². The Kier molecular flexibility index (Phi) is 5.77. The molecule has 7 heteroatoms. The van der Waals surface area contributed by atoms with Gasteiger partial charge in [-0.1, -0.05) is 48.1 Å². The highest BCUT2D eigenvalue weighted by Gasteiger charge is 2.20. The lowest BCUT2D eigenvalue weighted by Crippen LogP contribution is -2.39. The average molecular weight is 346 g/mol. The number of aliphatic hydroxyl groups is 1. The van der Waals surface area contributed by atoms with E-state index in [1.807, 2.05) is 30.3 Å². The number of hydrogen-bond donors (Lipinski definition) is 3. The van der Waals surface area contributed by atoms with Gasteiger partial charge < -0.3 is 15.7 Å². The van der Waals surface area contributed by atoms with Crippen LogP contribution in [0, 0.1) is 5.92 Å². The Morgan fingerprint density at radius 3 is 2.83 bits per heavy atom. The molecule has 3 N–H and O–H groups in total. The molecule has 0 bridgehead atoms. The Morgan fingerprint density at radius 2 is 2.04 bits per heavy atom. The molecule has 1 aromatic heterocycles. The normalized spacial score (nSPS) is 20.5. The van der Waals surface area contributed by atoms with Gasteiger partial charge in [-0.3, -0.25) is 0 Å². The lowest BCUT2D eigenvalue weighted by atomic mass is 9.87. The zero-order chi connectivity index (χ0) is 16.8. The fourth-order valence-corrected chi connectivity index (χ4v) is 3.71. The van der Waals surface area contributed by atoms with E-state index in [-0.39, 0.29) is 12.1 Å². The minimum Gasteiger partial charge on any atom is -0.393 e. The van der Waals surface area contributed by atoms with Crippen LogP contribution < -0.4 is 10.6 Å². The molecule has 1 saturated carbocycles. The molecule has 6 nitrogen and oxygen atoms in total. The van der Waals surface area contributed by atoms with Crippen molar-refractivity contribution >= 4 is 17.4 Å². The number of rotatable bonds is 5. The number of carbonyl (C=O) groups excluding carboxylic acids is 1. The van der Waals surface area contributed by atoms with Crippen molar-refractivity contribution in [3.63, 3.8) is 0 Å². The van der Waals surface area contributed by atoms with Gasteiger partial charge in [0, 0.05) is 12.1 Å². The van der Waals surface area contributed by atoms with Gasteiger partial charge in [-0.15, -0.1) is 10.2 Å². The van der Waals surface area contributed by atoms with Gasteiger partial charge in [-0.25, -0.2) is 4.79 Å². The summed E-state index contributed by atoms with van der Waals surface area (Å²) in [6.07, 6.45) is 3.53. The smallest absolute Gasteiger partial charge is 0.315 e. The van der Waals surface area contributed by atoms with E-state index in [4.69, 9.17) is 0 Å². The molecule has 2 amide bonds. The number of urea groups is 1. The predicted molar refractivity (Wildman–Crippen MR) is 93.5 cm³/mol. The highest BCUT2D eigenvalue weighted by molar-refractivity contribution is 7.14. The minimum atomic E-state index is -0.216. The number of aromatic nitrogens is 2. The van der Waals surface area contributed by atoms with E-state index in [1.54, 1.807) is 0 Å². The maximum atomic E-state index is 11.9. The van der Waals surface area contributed by atoms with E-state index < -0.39 is 0 Å². The van der Waals surface area contributed by atoms with Gasteiger partial charge in [-0.2, -0.15) is 0 Å². The maximum Gasteiger partial charge on any atom is 0.315 e. The van der Waals surface area contributed by atoms with Crippen LogP contribution in [0.2, 0.25) is 0 Å². The lowest BCUT2D eigenvalue weighted by Gasteiger charge is -2.25. The van der Waals surface area contributed by atoms with Crippen molar-refractivity contribution in [3.8, 4) is 10.6 Å². The molecule has 0 spiro atoms. The summed E-state index contributed by atoms with van der Waals surface area (Å²) in [4.78, 5) is 11.9. The first-order valence-electron chi connectivity index (χ1n) is 8.28. The zero-order valence-electron chi connectivity index (χ0n) is 13.4. The van der Waals surface area contributed by atoms with Crippen molar-refractivity contribution < 1.29 is 9.90 Å². The third kappa shape index (κ3) is 4.75. The highest BCUT2D eigenvalue weighted by Crippen LogP contribution is 2.24. The van der Waals surface area contributed by atoms with Gasteiger partial charge in [0.25, 0.3) is 0 Å². The molecule has 3 rings (SSSR count). The summed E-state index contributed by atoms with van der Waals surface area (Å²) >= 11 is 1.48. The van der Waals surface area contributed by atoms with Crippen LogP contribution in [0.1, 0.15) is 30.7 Å². The second-order valence-electron chi connectivity index (χ2n) is 6.12. The summed E-state index contributed by atoms with van der Waals surface area (Å²) in [6, 6.07) is 9.66. The number of nitrogens with zero attached hydrogens (tertiary/aromatic N) is 2. The van der Waals surface area contributed by atoms with Crippen molar-refractivity contribution in [1.82, 2.24) is 20.8 Å². The van der Waals surface area contributed by atoms with Gasteiger partial charge in [0.1, 0.15) is 10.0 Å². The van der Waals surface area contributed by atoms with Crippen LogP contribution in [-0.4, -0.2) is 34.0 Å². The Bertz CT molecular complexity index is 662. The maximum absolute atomic E-state index is 11.9. The molecular weight excluding hydrogens is 324 g/mol. The Balaban J connectivity index is 1.42. The van der Waals surface area contributed by atoms with Gasteiger partial charge in [0.15, 0.2) is 0 Å². The van der Waals surface area contributed by atoms with Crippen molar-refractivity contribution in [1.29, 1.82) is 0 Å². The molecule has 2 atom stereocenters. The molecule has 0 saturated heterocycles. The highest BCUT2D eigenvalue weighted by atomic mass is 32.1. The fourth-order valence-electron chi connectivity index (χ4n) is 2.93. The van der Waals surface area contributed by atoms with Gasteiger partial charge >= 0.3 is 6.03 Å². The summed E-state index contributed by atoms with van der Waals surface area (Å²) in [5.41, 5.74) is 1.03. The number of hydrogen-bond acceptors (Lipinski definition) is 5. The summed E-state index contributed by atoms with van der Waals surface area (Å²) < 4.78 is 0. The minimum absolute atomic E-state index is 0.202. The molecule has 1 aliphatic carbocycles. The molecule has 2 aromatic rings. The summed E-state index contributed by atoms with van der Waals surface area (Å²) in [5.74, 6) is 0.366. The Hall–Kier alpha value is -1.99. The first-order chi connectivity index (χ1) is 11.7. The summed E-state index contributed by atoms with van der Waals surface area (Å²) in [5, 5.41) is 25.2. The van der Waals surface area contributed by atoms with Gasteiger partial charge in [-0.05, 0) is 25.2 Å². The summed E-state index contributed by atoms with van der Waals surface area (Å²) in [6.45, 7) is 0.970. The molecule has 1 aliphatic rings. The third-order valence-corrected chi connectivity index (χ3v) is 5.17. The van der Waals surface area contributed by atoms with E-state index in [2.05, 4.69) is 20.8 Å². The molecule has 0 aliphatic heterocycles. The number of amides is 2. The molecule has 128 valence electrons. The molecule has 1 aromatic carbocycles. The molecule has 1 heterocycles. The molecule has 1 fully saturated rings. The number of nitrogens with one attached hydrogen (secondary N) is 2. The van der Waals surface area contributed by atoms with Crippen molar-refractivity contribution in [2.75, 3.05) is 6.54 Å². The average Bonchev–Trinajstić information content (AvgIpc) is 3.08. The first kappa shape index (κ1) is 16.9. The Labute approximate surface area is 145 Å². The van der Waals surface area contributed by atoms with E-state index in [1.165, 1.54) is 11.3 Å². The topological polar surface area (TPSA) is 87.1 Å². The number of aliphatic hydroxyl groups excluding tert-OH is 1. The van der Waals surface area contributed by atoms with Crippen LogP contribution in [0.3, 0.4) is 0 Å². The van der Waals surface area contributed by atoms with Crippen LogP contribution in [0.15, 0.2) is 30.3 Å². The lowest BCUT2D eigenvalue weighted by molar-refractivity contribution is 0.101. The van der Waals surface area contributed by atoms with Gasteiger partial charge in [0.05, 0.1) is 12.6 Å². The van der Waals surface area contributed by atoms with E-state index in [0.29, 0.717) is 19.0 Å². The standard InChI is InChI=1S/C17H22N4O2S/c22-14-8-4-5-12(9-14)10-18-17(23)19-11-15-20-21-16(24-15)13-6-2-1-3-7-13/h1-3,6-7,12,14,22H,4-5,8-11H2,(H2,18,19,23). The molecular formula is C17H22N4O2S. The number of benzene rings is 1. The van der Waals surface area contributed by atoms with Crippen molar-refractivity contribution in [2.45, 2.75) is 38.3 Å². The molecule has 0 radical (unpaired) electrons. The van der Waals surface area contributed by atoms with Crippen LogP contribution in [-0.2, 0) is 6.54 Å². The van der Waals surface area contributed by atoms with E-state index in [0.717, 1.165) is 41.3 Å².